The Kier molecular flexibility index (Phi) is 4.93. The van der Waals surface area contributed by atoms with E-state index < -0.39 is 0 Å². The fraction of sp³-hybridized carbons (Fsp3) is 0.400. The van der Waals surface area contributed by atoms with Gasteiger partial charge in [0, 0.05) is 23.3 Å². The van der Waals surface area contributed by atoms with Crippen LogP contribution in [0.3, 0.4) is 0 Å². The van der Waals surface area contributed by atoms with Crippen LogP contribution in [0.4, 0.5) is 0 Å². The molecule has 0 aliphatic rings. The Morgan fingerprint density at radius 1 is 1.43 bits per heavy atom. The first-order valence-corrected chi connectivity index (χ1v) is 5.10. The van der Waals surface area contributed by atoms with E-state index in [4.69, 9.17) is 9.47 Å². The lowest BCUT2D eigenvalue weighted by Gasteiger charge is -2.14. The highest BCUT2D eigenvalue weighted by atomic mass is 79.9. The van der Waals surface area contributed by atoms with Gasteiger partial charge in [0.1, 0.15) is 5.75 Å². The van der Waals surface area contributed by atoms with Crippen LogP contribution in [0.25, 0.3) is 0 Å². The third kappa shape index (κ3) is 2.97. The minimum absolute atomic E-state index is 0.134. The molecule has 0 saturated heterocycles. The Hall–Kier alpha value is -0.580. The molecule has 0 radical (unpaired) electrons. The van der Waals surface area contributed by atoms with E-state index in [9.17, 15) is 0 Å². The SMILES string of the molecule is COCC(NBr)c1cccc(OC)c1. The van der Waals surface area contributed by atoms with Crippen molar-refractivity contribution in [2.24, 2.45) is 0 Å². The lowest BCUT2D eigenvalue weighted by Crippen LogP contribution is -2.16. The molecule has 0 saturated carbocycles. The van der Waals surface area contributed by atoms with Crippen LogP contribution in [0.15, 0.2) is 24.3 Å². The van der Waals surface area contributed by atoms with E-state index in [2.05, 4.69) is 20.5 Å². The molecule has 0 amide bonds. The molecule has 78 valence electrons. The van der Waals surface area contributed by atoms with Crippen molar-refractivity contribution < 1.29 is 9.47 Å². The summed E-state index contributed by atoms with van der Waals surface area (Å²) in [6.07, 6.45) is 0. The van der Waals surface area contributed by atoms with Gasteiger partial charge < -0.3 is 9.47 Å². The Balaban J connectivity index is 2.80. The second-order valence-electron chi connectivity index (χ2n) is 2.89. The van der Waals surface area contributed by atoms with E-state index >= 15 is 0 Å². The molecule has 3 nitrogen and oxygen atoms in total. The maximum absolute atomic E-state index is 5.14. The molecule has 0 aliphatic heterocycles. The first-order chi connectivity index (χ1) is 6.81. The number of halogens is 1. The number of ether oxygens (including phenoxy) is 2. The van der Waals surface area contributed by atoms with Gasteiger partial charge >= 0.3 is 0 Å². The predicted octanol–water partition coefficient (Wildman–Crippen LogP) is 2.28. The zero-order valence-corrected chi connectivity index (χ0v) is 9.87. The van der Waals surface area contributed by atoms with Gasteiger partial charge in [-0.05, 0) is 17.7 Å². The van der Waals surface area contributed by atoms with E-state index in [-0.39, 0.29) is 6.04 Å². The van der Waals surface area contributed by atoms with E-state index in [1.807, 2.05) is 24.3 Å². The quantitative estimate of drug-likeness (QED) is 0.824. The summed E-state index contributed by atoms with van der Waals surface area (Å²) in [5.74, 6) is 0.853. The van der Waals surface area contributed by atoms with Gasteiger partial charge in [0.25, 0.3) is 0 Å². The smallest absolute Gasteiger partial charge is 0.119 e. The molecular weight excluding hydrogens is 246 g/mol. The van der Waals surface area contributed by atoms with Crippen LogP contribution in [-0.4, -0.2) is 20.8 Å². The number of rotatable bonds is 5. The maximum Gasteiger partial charge on any atom is 0.119 e. The van der Waals surface area contributed by atoms with Gasteiger partial charge in [-0.2, -0.15) is 0 Å². The molecule has 1 aromatic carbocycles. The third-order valence-corrected chi connectivity index (χ3v) is 2.51. The van der Waals surface area contributed by atoms with Crippen LogP contribution in [-0.2, 0) is 4.74 Å². The van der Waals surface area contributed by atoms with Crippen molar-refractivity contribution in [3.8, 4) is 5.75 Å². The van der Waals surface area contributed by atoms with Gasteiger partial charge in [0.05, 0.1) is 19.8 Å². The van der Waals surface area contributed by atoms with Gasteiger partial charge in [-0.15, -0.1) is 0 Å². The Morgan fingerprint density at radius 2 is 2.21 bits per heavy atom. The number of nitrogens with one attached hydrogen (secondary N) is 1. The van der Waals surface area contributed by atoms with E-state index in [0.717, 1.165) is 11.3 Å². The number of benzene rings is 1. The predicted molar refractivity (Wildman–Crippen MR) is 59.7 cm³/mol. The van der Waals surface area contributed by atoms with Crippen molar-refractivity contribution in [1.29, 1.82) is 0 Å². The van der Waals surface area contributed by atoms with Crippen LogP contribution >= 0.6 is 16.1 Å². The van der Waals surface area contributed by atoms with Crippen LogP contribution in [0.5, 0.6) is 5.75 Å². The summed E-state index contributed by atoms with van der Waals surface area (Å²) < 4.78 is 13.2. The van der Waals surface area contributed by atoms with E-state index in [1.54, 1.807) is 14.2 Å². The topological polar surface area (TPSA) is 30.5 Å². The molecule has 1 aromatic rings. The molecule has 0 heterocycles. The van der Waals surface area contributed by atoms with Crippen molar-refractivity contribution in [1.82, 2.24) is 4.34 Å². The highest BCUT2D eigenvalue weighted by Crippen LogP contribution is 2.19. The Labute approximate surface area is 92.7 Å². The van der Waals surface area contributed by atoms with Gasteiger partial charge in [-0.25, -0.2) is 4.34 Å². The average Bonchev–Trinajstić information content (AvgIpc) is 2.26. The molecule has 0 bridgehead atoms. The van der Waals surface area contributed by atoms with Crippen molar-refractivity contribution in [3.63, 3.8) is 0 Å². The summed E-state index contributed by atoms with van der Waals surface area (Å²) in [4.78, 5) is 0. The van der Waals surface area contributed by atoms with Crippen LogP contribution in [0.1, 0.15) is 11.6 Å². The van der Waals surface area contributed by atoms with Crippen molar-refractivity contribution >= 4 is 16.1 Å². The monoisotopic (exact) mass is 259 g/mol. The van der Waals surface area contributed by atoms with Crippen LogP contribution < -0.4 is 9.08 Å². The zero-order chi connectivity index (χ0) is 10.4. The minimum atomic E-state index is 0.134. The summed E-state index contributed by atoms with van der Waals surface area (Å²) in [6, 6.07) is 8.02. The summed E-state index contributed by atoms with van der Waals surface area (Å²) in [6.45, 7) is 0.610. The summed E-state index contributed by atoms with van der Waals surface area (Å²) in [7, 11) is 3.34. The highest BCUT2D eigenvalue weighted by molar-refractivity contribution is 9.08. The summed E-state index contributed by atoms with van der Waals surface area (Å²) >= 11 is 3.23. The Morgan fingerprint density at radius 3 is 2.79 bits per heavy atom. The lowest BCUT2D eigenvalue weighted by molar-refractivity contribution is 0.177. The molecule has 1 rings (SSSR count). The van der Waals surface area contributed by atoms with Crippen molar-refractivity contribution in [2.75, 3.05) is 20.8 Å². The van der Waals surface area contributed by atoms with Gasteiger partial charge in [0.15, 0.2) is 0 Å². The Bertz CT molecular complexity index is 281. The molecule has 0 spiro atoms. The molecule has 14 heavy (non-hydrogen) atoms. The third-order valence-electron chi connectivity index (χ3n) is 1.96. The fourth-order valence-corrected chi connectivity index (χ4v) is 1.61. The second-order valence-corrected chi connectivity index (χ2v) is 3.35. The van der Waals surface area contributed by atoms with E-state index in [0.29, 0.717) is 6.61 Å². The minimum Gasteiger partial charge on any atom is -0.497 e. The lowest BCUT2D eigenvalue weighted by atomic mass is 10.1. The largest absolute Gasteiger partial charge is 0.497 e. The molecule has 1 unspecified atom stereocenters. The molecule has 0 aromatic heterocycles. The fourth-order valence-electron chi connectivity index (χ4n) is 1.22. The molecule has 0 fully saturated rings. The maximum atomic E-state index is 5.14. The van der Waals surface area contributed by atoms with Crippen molar-refractivity contribution in [2.45, 2.75) is 6.04 Å². The zero-order valence-electron chi connectivity index (χ0n) is 8.29. The van der Waals surface area contributed by atoms with Gasteiger partial charge in [-0.3, -0.25) is 0 Å². The second kappa shape index (κ2) is 6.01. The molecule has 0 aliphatic carbocycles. The number of hydrogen-bond donors (Lipinski definition) is 1. The highest BCUT2D eigenvalue weighted by Gasteiger charge is 2.09. The number of methoxy groups -OCH3 is 2. The molecular formula is C10H14BrNO2. The summed E-state index contributed by atoms with van der Waals surface area (Å²) in [5, 5.41) is 0. The number of hydrogen-bond acceptors (Lipinski definition) is 3. The first kappa shape index (κ1) is 11.5. The molecule has 1 atom stereocenters. The van der Waals surface area contributed by atoms with Gasteiger partial charge in [-0.1, -0.05) is 12.1 Å². The van der Waals surface area contributed by atoms with Crippen LogP contribution in [0.2, 0.25) is 0 Å². The summed E-state index contributed by atoms with van der Waals surface area (Å²) in [5.41, 5.74) is 1.13. The molecule has 1 N–H and O–H groups in total. The first-order valence-electron chi connectivity index (χ1n) is 4.31. The van der Waals surface area contributed by atoms with E-state index in [1.165, 1.54) is 0 Å². The van der Waals surface area contributed by atoms with Crippen molar-refractivity contribution in [3.05, 3.63) is 29.8 Å². The average molecular weight is 260 g/mol. The van der Waals surface area contributed by atoms with Gasteiger partial charge in [0.2, 0.25) is 0 Å². The normalized spacial score (nSPS) is 12.5. The molecule has 4 heteroatoms. The van der Waals surface area contributed by atoms with Crippen LogP contribution in [0, 0.1) is 0 Å². The standard InChI is InChI=1S/C10H14BrNO2/c1-13-7-10(12-11)8-4-3-5-9(6-8)14-2/h3-6,10,12H,7H2,1-2H3.